The summed E-state index contributed by atoms with van der Waals surface area (Å²) in [5, 5.41) is 1.00. The molecule has 2 aliphatic heterocycles. The standard InChI is InChI=1S/C37H48FNO7/c1-10-29-37(9)34(6,20-30(40)46-37)25(5)31(41)22(2)19-35(7,24(4)23(3)32(42)36(8,38)33(43)45-29)44-17-13-14-26-18-27-15-11-12-16-28(27)39-21-26/h11-16,18,21-25,29H,10,17,19-20H2,1-9H3/b14-13+/t22-,23-,24-,25+,29-,34?,35-,36+,37-/m1/s1. The first kappa shape index (κ1) is 35.4. The second-order valence-corrected chi connectivity index (χ2v) is 14.1. The summed E-state index contributed by atoms with van der Waals surface area (Å²) >= 11 is 0. The Bertz CT molecular complexity index is 1540. The third-order valence-corrected chi connectivity index (χ3v) is 11.2. The minimum atomic E-state index is -2.96. The number of hydrogen-bond donors (Lipinski definition) is 0. The second-order valence-electron chi connectivity index (χ2n) is 14.1. The van der Waals surface area contributed by atoms with Crippen LogP contribution < -0.4 is 0 Å². The molecule has 9 heteroatoms. The van der Waals surface area contributed by atoms with Gasteiger partial charge < -0.3 is 14.2 Å². The Hall–Kier alpha value is -3.46. The lowest BCUT2D eigenvalue weighted by Gasteiger charge is -2.47. The van der Waals surface area contributed by atoms with E-state index in [1.807, 2.05) is 56.3 Å². The SMILES string of the molecule is CC[C@H]1OC(=O)[C@@](C)(F)C(=O)[C@H](C)[C@@H](C)[C@](C)(OC/C=C/c2cnc3ccccc3c2)C[C@@H](C)C(=O)[C@H](C)C2(C)CC(=O)O[C@]12C. The van der Waals surface area contributed by atoms with Gasteiger partial charge >= 0.3 is 11.9 Å². The van der Waals surface area contributed by atoms with Crippen molar-refractivity contribution >= 4 is 40.5 Å². The predicted octanol–water partition coefficient (Wildman–Crippen LogP) is 6.87. The van der Waals surface area contributed by atoms with E-state index in [0.717, 1.165) is 23.4 Å². The molecule has 2 aromatic rings. The number of esters is 2. The first-order valence-corrected chi connectivity index (χ1v) is 16.3. The minimum Gasteiger partial charge on any atom is -0.455 e. The summed E-state index contributed by atoms with van der Waals surface area (Å²) in [6.45, 7) is 15.0. The molecule has 0 bridgehead atoms. The number of carbonyl (C=O) groups excluding carboxylic acids is 4. The smallest absolute Gasteiger partial charge is 0.351 e. The van der Waals surface area contributed by atoms with Crippen molar-refractivity contribution in [1.82, 2.24) is 4.98 Å². The molecule has 3 heterocycles. The van der Waals surface area contributed by atoms with Gasteiger partial charge in [-0.1, -0.05) is 71.9 Å². The van der Waals surface area contributed by atoms with Gasteiger partial charge in [0.05, 0.1) is 24.1 Å². The second kappa shape index (κ2) is 13.0. The van der Waals surface area contributed by atoms with Crippen LogP contribution in [-0.2, 0) is 33.4 Å². The average molecular weight is 638 g/mol. The van der Waals surface area contributed by atoms with Crippen LogP contribution in [0.15, 0.2) is 42.6 Å². The maximum atomic E-state index is 16.2. The lowest BCUT2D eigenvalue weighted by Crippen LogP contribution is -2.58. The Morgan fingerprint density at radius 2 is 1.72 bits per heavy atom. The van der Waals surface area contributed by atoms with Gasteiger partial charge in [0.25, 0.3) is 5.67 Å². The quantitative estimate of drug-likeness (QED) is 0.258. The zero-order chi connectivity index (χ0) is 34.2. The van der Waals surface area contributed by atoms with Gasteiger partial charge in [-0.2, -0.15) is 0 Å². The number of ether oxygens (including phenoxy) is 3. The average Bonchev–Trinajstić information content (AvgIpc) is 3.27. The number of carbonyl (C=O) groups is 4. The zero-order valence-corrected chi connectivity index (χ0v) is 28.5. The van der Waals surface area contributed by atoms with E-state index in [2.05, 4.69) is 4.98 Å². The van der Waals surface area contributed by atoms with E-state index in [0.29, 0.717) is 0 Å². The maximum Gasteiger partial charge on any atom is 0.351 e. The number of aromatic nitrogens is 1. The number of rotatable bonds is 5. The summed E-state index contributed by atoms with van der Waals surface area (Å²) in [5.74, 6) is -5.68. The number of cyclic esters (lactones) is 1. The van der Waals surface area contributed by atoms with Crippen LogP contribution in [0.1, 0.15) is 87.1 Å². The van der Waals surface area contributed by atoms with E-state index in [9.17, 15) is 19.2 Å². The molecule has 1 aromatic heterocycles. The van der Waals surface area contributed by atoms with Crippen molar-refractivity contribution in [3.63, 3.8) is 0 Å². The third-order valence-electron chi connectivity index (χ3n) is 11.2. The Morgan fingerprint density at radius 1 is 1.04 bits per heavy atom. The number of hydrogen-bond acceptors (Lipinski definition) is 8. The van der Waals surface area contributed by atoms with Crippen LogP contribution in [0.25, 0.3) is 17.0 Å². The van der Waals surface area contributed by atoms with E-state index in [1.54, 1.807) is 47.7 Å². The summed E-state index contributed by atoms with van der Waals surface area (Å²) in [5.41, 5.74) is -4.75. The van der Waals surface area contributed by atoms with Gasteiger partial charge in [0.2, 0.25) is 0 Å². The first-order valence-electron chi connectivity index (χ1n) is 16.3. The van der Waals surface area contributed by atoms with E-state index < -0.39 is 69.8 Å². The molecule has 250 valence electrons. The van der Waals surface area contributed by atoms with Crippen molar-refractivity contribution < 1.29 is 37.8 Å². The Labute approximate surface area is 271 Å². The summed E-state index contributed by atoms with van der Waals surface area (Å²) in [6.07, 6.45) is 4.77. The van der Waals surface area contributed by atoms with Gasteiger partial charge in [0, 0.05) is 34.8 Å². The number of fused-ring (bicyclic) bond motifs is 2. The first-order chi connectivity index (χ1) is 21.4. The number of para-hydroxylation sites is 1. The lowest BCUT2D eigenvalue weighted by atomic mass is 9.60. The van der Waals surface area contributed by atoms with E-state index >= 15 is 4.39 Å². The van der Waals surface area contributed by atoms with Crippen molar-refractivity contribution in [2.45, 2.75) is 105 Å². The molecular weight excluding hydrogens is 589 g/mol. The number of nitrogens with zero attached hydrogens (tertiary/aromatic N) is 1. The van der Waals surface area contributed by atoms with Crippen LogP contribution in [0, 0.1) is 29.1 Å². The van der Waals surface area contributed by atoms with Crippen LogP contribution in [-0.4, -0.2) is 58.1 Å². The van der Waals surface area contributed by atoms with Crippen LogP contribution in [0.5, 0.6) is 0 Å². The largest absolute Gasteiger partial charge is 0.455 e. The van der Waals surface area contributed by atoms with Crippen molar-refractivity contribution in [2.24, 2.45) is 29.1 Å². The van der Waals surface area contributed by atoms with Gasteiger partial charge in [-0.25, -0.2) is 9.18 Å². The molecule has 0 radical (unpaired) electrons. The molecule has 46 heavy (non-hydrogen) atoms. The topological polar surface area (TPSA) is 109 Å². The molecule has 4 rings (SSSR count). The molecule has 2 fully saturated rings. The molecule has 0 amide bonds. The molecule has 9 atom stereocenters. The Kier molecular flexibility index (Phi) is 9.98. The van der Waals surface area contributed by atoms with Crippen molar-refractivity contribution in [1.29, 1.82) is 0 Å². The lowest BCUT2D eigenvalue weighted by molar-refractivity contribution is -0.198. The van der Waals surface area contributed by atoms with Crippen LogP contribution in [0.3, 0.4) is 0 Å². The monoisotopic (exact) mass is 637 g/mol. The number of alkyl halides is 1. The molecular formula is C37H48FNO7. The van der Waals surface area contributed by atoms with Gasteiger partial charge in [-0.3, -0.25) is 19.4 Å². The van der Waals surface area contributed by atoms with Crippen LogP contribution in [0.4, 0.5) is 4.39 Å². The fourth-order valence-electron chi connectivity index (χ4n) is 7.42. The van der Waals surface area contributed by atoms with Crippen LogP contribution in [0.2, 0.25) is 0 Å². The third kappa shape index (κ3) is 6.27. The Balaban J connectivity index is 1.70. The summed E-state index contributed by atoms with van der Waals surface area (Å²) in [7, 11) is 0. The van der Waals surface area contributed by atoms with Gasteiger partial charge in [-0.15, -0.1) is 0 Å². The zero-order valence-electron chi connectivity index (χ0n) is 28.5. The highest BCUT2D eigenvalue weighted by Crippen LogP contribution is 2.54. The summed E-state index contributed by atoms with van der Waals surface area (Å²) in [6, 6.07) is 9.82. The highest BCUT2D eigenvalue weighted by molar-refractivity contribution is 6.07. The van der Waals surface area contributed by atoms with Crippen LogP contribution >= 0.6 is 0 Å². The Morgan fingerprint density at radius 3 is 2.39 bits per heavy atom. The highest BCUT2D eigenvalue weighted by atomic mass is 19.1. The highest BCUT2D eigenvalue weighted by Gasteiger charge is 2.64. The molecule has 2 saturated heterocycles. The molecule has 0 spiro atoms. The molecule has 2 aliphatic rings. The fourth-order valence-corrected chi connectivity index (χ4v) is 7.42. The van der Waals surface area contributed by atoms with E-state index in [1.165, 1.54) is 0 Å². The normalized spacial score (nSPS) is 38.0. The number of pyridine rings is 1. The fraction of sp³-hybridized carbons (Fsp3) is 0.595. The van der Waals surface area contributed by atoms with Gasteiger partial charge in [0.1, 0.15) is 11.9 Å². The molecule has 8 nitrogen and oxygen atoms in total. The van der Waals surface area contributed by atoms with Gasteiger partial charge in [-0.05, 0) is 57.2 Å². The van der Waals surface area contributed by atoms with Crippen molar-refractivity contribution in [3.05, 3.63) is 48.2 Å². The van der Waals surface area contributed by atoms with Crippen molar-refractivity contribution in [2.75, 3.05) is 6.61 Å². The molecule has 1 aromatic carbocycles. The predicted molar refractivity (Wildman–Crippen MR) is 173 cm³/mol. The molecule has 0 N–H and O–H groups in total. The molecule has 1 unspecified atom stereocenters. The molecule has 0 saturated carbocycles. The number of halogens is 1. The number of ketones is 2. The molecule has 0 aliphatic carbocycles. The van der Waals surface area contributed by atoms with E-state index in [-0.39, 0.29) is 31.7 Å². The number of Topliss-reactive ketones (excluding diaryl/α,β-unsaturated/α-hetero) is 2. The van der Waals surface area contributed by atoms with Crippen molar-refractivity contribution in [3.8, 4) is 0 Å². The minimum absolute atomic E-state index is 0.0708. The van der Waals surface area contributed by atoms with E-state index in [4.69, 9.17) is 14.2 Å². The summed E-state index contributed by atoms with van der Waals surface area (Å²) < 4.78 is 34.2. The summed E-state index contributed by atoms with van der Waals surface area (Å²) in [4.78, 5) is 58.5. The number of benzene rings is 1. The maximum absolute atomic E-state index is 16.2. The van der Waals surface area contributed by atoms with Gasteiger partial charge in [0.15, 0.2) is 11.4 Å².